The number of esters is 1. The van der Waals surface area contributed by atoms with E-state index in [1.807, 2.05) is 6.07 Å². The van der Waals surface area contributed by atoms with Crippen LogP contribution in [-0.4, -0.2) is 37.0 Å². The first-order valence-corrected chi connectivity index (χ1v) is 7.11. The smallest absolute Gasteiger partial charge is 0.325 e. The molecule has 0 saturated carbocycles. The van der Waals surface area contributed by atoms with E-state index in [1.165, 1.54) is 4.90 Å². The molecule has 20 heavy (non-hydrogen) atoms. The molecule has 0 spiro atoms. The normalized spacial score (nSPS) is 10.1. The van der Waals surface area contributed by atoms with E-state index in [9.17, 15) is 9.59 Å². The minimum Gasteiger partial charge on any atom is -0.464 e. The number of unbranched alkanes of at least 4 members (excludes halogenated alkanes) is 3. The van der Waals surface area contributed by atoms with Gasteiger partial charge in [0.2, 0.25) is 0 Å². The zero-order chi connectivity index (χ0) is 14.8. The maximum absolute atomic E-state index is 12.0. The van der Waals surface area contributed by atoms with Gasteiger partial charge >= 0.3 is 5.97 Å². The van der Waals surface area contributed by atoms with Crippen LogP contribution in [0.5, 0.6) is 0 Å². The molecule has 0 aliphatic rings. The van der Waals surface area contributed by atoms with Gasteiger partial charge in [0, 0.05) is 12.6 Å². The lowest BCUT2D eigenvalue weighted by Gasteiger charge is -2.16. The fraction of sp³-hybridized carbons (Fsp3) is 0.500. The number of benzene rings is 1. The van der Waals surface area contributed by atoms with Crippen molar-refractivity contribution in [3.63, 3.8) is 0 Å². The van der Waals surface area contributed by atoms with Crippen LogP contribution in [0.2, 0.25) is 0 Å². The van der Waals surface area contributed by atoms with E-state index in [1.54, 1.807) is 31.3 Å². The zero-order valence-corrected chi connectivity index (χ0v) is 12.3. The SMILES string of the molecule is CCCCCCOC(=O)CN(C)C(=O)c1ccccc1. The molecule has 0 atom stereocenters. The molecule has 1 rings (SSSR count). The van der Waals surface area contributed by atoms with Crippen LogP contribution in [0.4, 0.5) is 0 Å². The molecule has 0 radical (unpaired) electrons. The van der Waals surface area contributed by atoms with Crippen LogP contribution >= 0.6 is 0 Å². The molecule has 0 bridgehead atoms. The molecule has 0 aromatic heterocycles. The highest BCUT2D eigenvalue weighted by Crippen LogP contribution is 2.03. The summed E-state index contributed by atoms with van der Waals surface area (Å²) in [5.74, 6) is -0.526. The average Bonchev–Trinajstić information content (AvgIpc) is 2.47. The van der Waals surface area contributed by atoms with Crippen LogP contribution in [0, 0.1) is 0 Å². The van der Waals surface area contributed by atoms with Gasteiger partial charge in [-0.1, -0.05) is 44.4 Å². The van der Waals surface area contributed by atoms with Gasteiger partial charge in [0.15, 0.2) is 0 Å². The quantitative estimate of drug-likeness (QED) is 0.542. The second-order valence-electron chi connectivity index (χ2n) is 4.81. The van der Waals surface area contributed by atoms with Gasteiger partial charge in [0.25, 0.3) is 5.91 Å². The van der Waals surface area contributed by atoms with Crippen LogP contribution in [0.25, 0.3) is 0 Å². The summed E-state index contributed by atoms with van der Waals surface area (Å²) in [5, 5.41) is 0. The topological polar surface area (TPSA) is 46.6 Å². The Morgan fingerprint density at radius 2 is 1.80 bits per heavy atom. The molecule has 0 aliphatic heterocycles. The Bertz CT molecular complexity index is 417. The fourth-order valence-electron chi connectivity index (χ4n) is 1.83. The Morgan fingerprint density at radius 3 is 2.45 bits per heavy atom. The van der Waals surface area contributed by atoms with Crippen molar-refractivity contribution in [2.75, 3.05) is 20.2 Å². The zero-order valence-electron chi connectivity index (χ0n) is 12.3. The summed E-state index contributed by atoms with van der Waals surface area (Å²) in [7, 11) is 1.60. The average molecular weight is 277 g/mol. The monoisotopic (exact) mass is 277 g/mol. The maximum Gasteiger partial charge on any atom is 0.325 e. The number of amides is 1. The van der Waals surface area contributed by atoms with Crippen molar-refractivity contribution in [3.05, 3.63) is 35.9 Å². The molecule has 4 nitrogen and oxygen atoms in total. The van der Waals surface area contributed by atoms with Gasteiger partial charge < -0.3 is 9.64 Å². The first-order chi connectivity index (χ1) is 9.65. The number of nitrogens with zero attached hydrogens (tertiary/aromatic N) is 1. The van der Waals surface area contributed by atoms with Crippen LogP contribution in [0.15, 0.2) is 30.3 Å². The standard InChI is InChI=1S/C16H23NO3/c1-3-4-5-9-12-20-15(18)13-17(2)16(19)14-10-7-6-8-11-14/h6-8,10-11H,3-5,9,12-13H2,1-2H3. The highest BCUT2D eigenvalue weighted by Gasteiger charge is 2.15. The molecule has 0 aliphatic carbocycles. The molecule has 1 aromatic carbocycles. The lowest BCUT2D eigenvalue weighted by Crippen LogP contribution is -2.33. The summed E-state index contributed by atoms with van der Waals surface area (Å²) in [6, 6.07) is 8.91. The number of carbonyl (C=O) groups excluding carboxylic acids is 2. The van der Waals surface area contributed by atoms with Gasteiger partial charge in [-0.3, -0.25) is 9.59 Å². The number of likely N-dealkylation sites (N-methyl/N-ethyl adjacent to an activating group) is 1. The summed E-state index contributed by atoms with van der Waals surface area (Å²) < 4.78 is 5.11. The minimum atomic E-state index is -0.353. The number of ether oxygens (including phenoxy) is 1. The summed E-state index contributed by atoms with van der Waals surface area (Å²) in [6.45, 7) is 2.56. The molecule has 0 N–H and O–H groups in total. The summed E-state index contributed by atoms with van der Waals surface area (Å²) in [5.41, 5.74) is 0.575. The Kier molecular flexibility index (Phi) is 7.40. The number of hydrogen-bond donors (Lipinski definition) is 0. The second-order valence-corrected chi connectivity index (χ2v) is 4.81. The summed E-state index contributed by atoms with van der Waals surface area (Å²) in [4.78, 5) is 25.0. The van der Waals surface area contributed by atoms with E-state index in [2.05, 4.69) is 6.92 Å². The molecule has 0 fully saturated rings. The van der Waals surface area contributed by atoms with E-state index in [0.29, 0.717) is 12.2 Å². The fourth-order valence-corrected chi connectivity index (χ4v) is 1.83. The molecular weight excluding hydrogens is 254 g/mol. The van der Waals surface area contributed by atoms with Gasteiger partial charge in [-0.05, 0) is 18.6 Å². The summed E-state index contributed by atoms with van der Waals surface area (Å²) >= 11 is 0. The molecule has 0 saturated heterocycles. The highest BCUT2D eigenvalue weighted by molar-refractivity contribution is 5.95. The largest absolute Gasteiger partial charge is 0.464 e. The first kappa shape index (κ1) is 16.2. The van der Waals surface area contributed by atoms with E-state index in [4.69, 9.17) is 4.74 Å². The Balaban J connectivity index is 2.29. The van der Waals surface area contributed by atoms with Crippen LogP contribution in [0.3, 0.4) is 0 Å². The van der Waals surface area contributed by atoms with Crippen molar-refractivity contribution >= 4 is 11.9 Å². The van der Waals surface area contributed by atoms with Gasteiger partial charge in [0.05, 0.1) is 6.61 Å². The van der Waals surface area contributed by atoms with Crippen molar-refractivity contribution in [3.8, 4) is 0 Å². The van der Waals surface area contributed by atoms with Crippen LogP contribution in [0.1, 0.15) is 43.0 Å². The van der Waals surface area contributed by atoms with Crippen molar-refractivity contribution in [2.45, 2.75) is 32.6 Å². The van der Waals surface area contributed by atoms with Gasteiger partial charge in [-0.25, -0.2) is 0 Å². The Morgan fingerprint density at radius 1 is 1.10 bits per heavy atom. The van der Waals surface area contributed by atoms with E-state index >= 15 is 0 Å². The van der Waals surface area contributed by atoms with Crippen molar-refractivity contribution in [1.82, 2.24) is 4.90 Å². The predicted octanol–water partition coefficient (Wildman–Crippen LogP) is 2.88. The van der Waals surface area contributed by atoms with E-state index in [-0.39, 0.29) is 18.4 Å². The van der Waals surface area contributed by atoms with Crippen LogP contribution in [-0.2, 0) is 9.53 Å². The molecule has 110 valence electrons. The first-order valence-electron chi connectivity index (χ1n) is 7.11. The molecule has 1 amide bonds. The number of hydrogen-bond acceptors (Lipinski definition) is 3. The molecule has 1 aromatic rings. The predicted molar refractivity (Wildman–Crippen MR) is 78.5 cm³/mol. The second kappa shape index (κ2) is 9.13. The van der Waals surface area contributed by atoms with Gasteiger partial charge in [-0.15, -0.1) is 0 Å². The van der Waals surface area contributed by atoms with E-state index < -0.39 is 0 Å². The minimum absolute atomic E-state index is 0.0124. The van der Waals surface area contributed by atoms with Gasteiger partial charge in [-0.2, -0.15) is 0 Å². The third-order valence-corrected chi connectivity index (χ3v) is 2.99. The molecule has 0 heterocycles. The van der Waals surface area contributed by atoms with Crippen LogP contribution < -0.4 is 0 Å². The van der Waals surface area contributed by atoms with Crippen molar-refractivity contribution < 1.29 is 14.3 Å². The number of rotatable bonds is 8. The van der Waals surface area contributed by atoms with Crippen molar-refractivity contribution in [2.24, 2.45) is 0 Å². The molecule has 4 heteroatoms. The third kappa shape index (κ3) is 5.87. The Hall–Kier alpha value is -1.84. The summed E-state index contributed by atoms with van der Waals surface area (Å²) in [6.07, 6.45) is 4.27. The lowest BCUT2D eigenvalue weighted by atomic mass is 10.2. The Labute approximate surface area is 120 Å². The van der Waals surface area contributed by atoms with Crippen molar-refractivity contribution in [1.29, 1.82) is 0 Å². The lowest BCUT2D eigenvalue weighted by molar-refractivity contribution is -0.144. The molecular formula is C16H23NO3. The third-order valence-electron chi connectivity index (χ3n) is 2.99. The maximum atomic E-state index is 12.0. The van der Waals surface area contributed by atoms with Gasteiger partial charge in [0.1, 0.15) is 6.54 Å². The molecule has 0 unspecified atom stereocenters. The van der Waals surface area contributed by atoms with E-state index in [0.717, 1.165) is 25.7 Å². The number of carbonyl (C=O) groups is 2. The highest BCUT2D eigenvalue weighted by atomic mass is 16.5.